The normalized spacial score (nSPS) is 21.0. The van der Waals surface area contributed by atoms with Crippen LogP contribution in [0, 0.1) is 0 Å². The molecule has 0 N–H and O–H groups in total. The summed E-state index contributed by atoms with van der Waals surface area (Å²) in [6, 6.07) is 0. The van der Waals surface area contributed by atoms with Crippen LogP contribution in [-0.4, -0.2) is 46.0 Å². The van der Waals surface area contributed by atoms with Gasteiger partial charge in [-0.25, -0.2) is 4.79 Å². The van der Waals surface area contributed by atoms with Gasteiger partial charge in [0, 0.05) is 13.1 Å². The van der Waals surface area contributed by atoms with Crippen molar-refractivity contribution in [1.29, 1.82) is 0 Å². The zero-order valence-electron chi connectivity index (χ0n) is 13.1. The maximum absolute atomic E-state index is 13.0. The summed E-state index contributed by atoms with van der Waals surface area (Å²) in [6.07, 6.45) is -4.87. The van der Waals surface area contributed by atoms with E-state index in [-0.39, 0.29) is 30.5 Å². The standard InChI is InChI=1S/C14H18F3N3O3/c1-12(2,3)22-11(21)20-6-8(7-20)9-18-10(23-19-9)13(4-5-13)14(15,16)17/h8H,4-7H2,1-3H3. The lowest BCUT2D eigenvalue weighted by atomic mass is 10.00. The van der Waals surface area contributed by atoms with Gasteiger partial charge in [0.05, 0.1) is 5.92 Å². The molecule has 0 radical (unpaired) electrons. The van der Waals surface area contributed by atoms with Crippen LogP contribution in [0.3, 0.4) is 0 Å². The first-order chi connectivity index (χ1) is 10.5. The first-order valence-corrected chi connectivity index (χ1v) is 7.41. The van der Waals surface area contributed by atoms with E-state index in [2.05, 4.69) is 10.1 Å². The molecule has 1 saturated carbocycles. The lowest BCUT2D eigenvalue weighted by molar-refractivity contribution is -0.166. The fourth-order valence-corrected chi connectivity index (χ4v) is 2.46. The van der Waals surface area contributed by atoms with Crippen molar-refractivity contribution in [3.05, 3.63) is 11.7 Å². The lowest BCUT2D eigenvalue weighted by Crippen LogP contribution is -2.50. The maximum Gasteiger partial charge on any atom is 0.410 e. The van der Waals surface area contributed by atoms with Gasteiger partial charge in [0.2, 0.25) is 5.89 Å². The Morgan fingerprint density at radius 1 is 1.30 bits per heavy atom. The molecule has 1 aromatic rings. The molecule has 1 amide bonds. The molecule has 0 aromatic carbocycles. The topological polar surface area (TPSA) is 68.5 Å². The number of hydrogen-bond acceptors (Lipinski definition) is 5. The average molecular weight is 333 g/mol. The third-order valence-electron chi connectivity index (χ3n) is 4.04. The summed E-state index contributed by atoms with van der Waals surface area (Å²) in [5.41, 5.74) is -2.56. The average Bonchev–Trinajstić information content (AvgIpc) is 3.00. The SMILES string of the molecule is CC(C)(C)OC(=O)N1CC(c2noc(C3(C(F)(F)F)CC3)n2)C1. The Balaban J connectivity index is 1.61. The smallest absolute Gasteiger partial charge is 0.410 e. The Labute approximate surface area is 131 Å². The van der Waals surface area contributed by atoms with Gasteiger partial charge in [-0.05, 0) is 33.6 Å². The molecular formula is C14H18F3N3O3. The second kappa shape index (κ2) is 4.85. The fourth-order valence-electron chi connectivity index (χ4n) is 2.46. The highest BCUT2D eigenvalue weighted by Gasteiger charge is 2.68. The quantitative estimate of drug-likeness (QED) is 0.832. The molecule has 0 atom stereocenters. The predicted octanol–water partition coefficient (Wildman–Crippen LogP) is 3.00. The molecular weight excluding hydrogens is 315 g/mol. The predicted molar refractivity (Wildman–Crippen MR) is 71.8 cm³/mol. The molecule has 2 heterocycles. The lowest BCUT2D eigenvalue weighted by Gasteiger charge is -2.38. The third kappa shape index (κ3) is 2.88. The molecule has 0 spiro atoms. The van der Waals surface area contributed by atoms with E-state index >= 15 is 0 Å². The molecule has 1 aliphatic carbocycles. The number of carbonyl (C=O) groups is 1. The third-order valence-corrected chi connectivity index (χ3v) is 4.04. The summed E-state index contributed by atoms with van der Waals surface area (Å²) in [4.78, 5) is 17.2. The number of rotatable bonds is 2. The van der Waals surface area contributed by atoms with Crippen molar-refractivity contribution < 1.29 is 27.2 Å². The van der Waals surface area contributed by atoms with Crippen molar-refractivity contribution >= 4 is 6.09 Å². The van der Waals surface area contributed by atoms with Gasteiger partial charge in [0.1, 0.15) is 11.0 Å². The number of nitrogens with zero attached hydrogens (tertiary/aromatic N) is 3. The number of alkyl halides is 3. The van der Waals surface area contributed by atoms with Gasteiger partial charge < -0.3 is 14.2 Å². The number of likely N-dealkylation sites (tertiary alicyclic amines) is 1. The van der Waals surface area contributed by atoms with E-state index in [4.69, 9.17) is 9.26 Å². The van der Waals surface area contributed by atoms with Crippen molar-refractivity contribution in [2.45, 2.75) is 56.7 Å². The van der Waals surface area contributed by atoms with Crippen LogP contribution in [0.2, 0.25) is 0 Å². The van der Waals surface area contributed by atoms with Crippen molar-refractivity contribution in [3.8, 4) is 0 Å². The molecule has 2 aliphatic rings. The van der Waals surface area contributed by atoms with Gasteiger partial charge in [0.15, 0.2) is 5.82 Å². The van der Waals surface area contributed by atoms with Gasteiger partial charge in [0.25, 0.3) is 0 Å². The van der Waals surface area contributed by atoms with E-state index in [1.54, 1.807) is 20.8 Å². The minimum atomic E-state index is -4.38. The van der Waals surface area contributed by atoms with E-state index in [0.29, 0.717) is 13.1 Å². The van der Waals surface area contributed by atoms with Gasteiger partial charge in [-0.15, -0.1) is 0 Å². The molecule has 0 bridgehead atoms. The van der Waals surface area contributed by atoms with Crippen LogP contribution in [-0.2, 0) is 10.2 Å². The van der Waals surface area contributed by atoms with Crippen molar-refractivity contribution in [2.75, 3.05) is 13.1 Å². The van der Waals surface area contributed by atoms with Crippen molar-refractivity contribution in [2.24, 2.45) is 0 Å². The summed E-state index contributed by atoms with van der Waals surface area (Å²) >= 11 is 0. The molecule has 1 saturated heterocycles. The summed E-state index contributed by atoms with van der Waals surface area (Å²) in [5.74, 6) is -0.366. The second-order valence-electron chi connectivity index (χ2n) is 7.12. The number of aromatic nitrogens is 2. The van der Waals surface area contributed by atoms with Crippen LogP contribution in [0.15, 0.2) is 4.52 Å². The number of carbonyl (C=O) groups excluding carboxylic acids is 1. The molecule has 23 heavy (non-hydrogen) atoms. The maximum atomic E-state index is 13.0. The molecule has 128 valence electrons. The fraction of sp³-hybridized carbons (Fsp3) is 0.786. The molecule has 2 fully saturated rings. The second-order valence-corrected chi connectivity index (χ2v) is 7.12. The molecule has 6 nitrogen and oxygen atoms in total. The van der Waals surface area contributed by atoms with Crippen LogP contribution in [0.5, 0.6) is 0 Å². The van der Waals surface area contributed by atoms with Crippen LogP contribution in [0.4, 0.5) is 18.0 Å². The van der Waals surface area contributed by atoms with E-state index in [1.807, 2.05) is 0 Å². The highest BCUT2D eigenvalue weighted by molar-refractivity contribution is 5.69. The Morgan fingerprint density at radius 2 is 1.91 bits per heavy atom. The molecule has 1 aromatic heterocycles. The Kier molecular flexibility index (Phi) is 3.39. The summed E-state index contributed by atoms with van der Waals surface area (Å²) in [6.45, 7) is 5.92. The number of amides is 1. The van der Waals surface area contributed by atoms with Crippen molar-refractivity contribution in [3.63, 3.8) is 0 Å². The van der Waals surface area contributed by atoms with E-state index in [1.165, 1.54) is 4.90 Å². The monoisotopic (exact) mass is 333 g/mol. The van der Waals surface area contributed by atoms with Gasteiger partial charge >= 0.3 is 12.3 Å². The van der Waals surface area contributed by atoms with E-state index in [9.17, 15) is 18.0 Å². The largest absolute Gasteiger partial charge is 0.444 e. The zero-order chi connectivity index (χ0) is 17.0. The first kappa shape index (κ1) is 16.1. The van der Waals surface area contributed by atoms with Crippen LogP contribution < -0.4 is 0 Å². The van der Waals surface area contributed by atoms with E-state index in [0.717, 1.165) is 0 Å². The molecule has 1 aliphatic heterocycles. The van der Waals surface area contributed by atoms with Gasteiger partial charge in [-0.2, -0.15) is 18.2 Å². The van der Waals surface area contributed by atoms with Crippen LogP contribution >= 0.6 is 0 Å². The minimum absolute atomic E-state index is 0.0210. The highest BCUT2D eigenvalue weighted by Crippen LogP contribution is 2.58. The highest BCUT2D eigenvalue weighted by atomic mass is 19.4. The van der Waals surface area contributed by atoms with Crippen LogP contribution in [0.25, 0.3) is 0 Å². The minimum Gasteiger partial charge on any atom is -0.444 e. The van der Waals surface area contributed by atoms with Gasteiger partial charge in [-0.1, -0.05) is 5.16 Å². The zero-order valence-corrected chi connectivity index (χ0v) is 13.1. The molecule has 3 rings (SSSR count). The van der Waals surface area contributed by atoms with E-state index < -0.39 is 23.3 Å². The Hall–Kier alpha value is -1.80. The number of ether oxygens (including phenoxy) is 1. The van der Waals surface area contributed by atoms with Gasteiger partial charge in [-0.3, -0.25) is 0 Å². The Morgan fingerprint density at radius 3 is 2.39 bits per heavy atom. The van der Waals surface area contributed by atoms with Crippen molar-refractivity contribution in [1.82, 2.24) is 15.0 Å². The Bertz CT molecular complexity index is 611. The first-order valence-electron chi connectivity index (χ1n) is 7.41. The summed E-state index contributed by atoms with van der Waals surface area (Å²) in [7, 11) is 0. The number of hydrogen-bond donors (Lipinski definition) is 0. The van der Waals surface area contributed by atoms with Crippen LogP contribution in [0.1, 0.15) is 51.2 Å². The molecule has 9 heteroatoms. The summed E-state index contributed by atoms with van der Waals surface area (Å²) < 4.78 is 49.1. The number of halogens is 3. The molecule has 0 unspecified atom stereocenters. The summed E-state index contributed by atoms with van der Waals surface area (Å²) in [5, 5.41) is 3.66.